The maximum atomic E-state index is 12.7. The number of para-hydroxylation sites is 1. The summed E-state index contributed by atoms with van der Waals surface area (Å²) in [6.07, 6.45) is 0.720. The van der Waals surface area contributed by atoms with Crippen molar-refractivity contribution in [3.63, 3.8) is 0 Å². The maximum Gasteiger partial charge on any atom is 0.256 e. The van der Waals surface area contributed by atoms with E-state index in [1.165, 1.54) is 18.7 Å². The molecule has 4 aromatic heterocycles. The molecule has 3 saturated heterocycles. The van der Waals surface area contributed by atoms with Gasteiger partial charge in [-0.05, 0) is 39.0 Å². The van der Waals surface area contributed by atoms with Gasteiger partial charge in [-0.25, -0.2) is 9.97 Å². The predicted octanol–water partition coefficient (Wildman–Crippen LogP) is 4.54. The van der Waals surface area contributed by atoms with E-state index in [4.69, 9.17) is 18.9 Å². The number of nitrogens with zero attached hydrogens (tertiary/aromatic N) is 7. The Labute approximate surface area is 418 Å². The van der Waals surface area contributed by atoms with Gasteiger partial charge in [-0.3, -0.25) is 4.79 Å². The van der Waals surface area contributed by atoms with Crippen LogP contribution in [-0.2, 0) is 18.9 Å². The number of ether oxygens (including phenoxy) is 4. The zero-order valence-electron chi connectivity index (χ0n) is 39.1. The number of nitro groups is 1. The van der Waals surface area contributed by atoms with Crippen LogP contribution in [0.15, 0.2) is 122 Å². The number of nitro benzene ring substituents is 1. The molecule has 72 heavy (non-hydrogen) atoms. The predicted molar refractivity (Wildman–Crippen MR) is 263 cm³/mol. The van der Waals surface area contributed by atoms with Gasteiger partial charge in [0.05, 0.1) is 12.0 Å². The Morgan fingerprint density at radius 1 is 0.764 bits per heavy atom. The normalized spacial score (nSPS) is 24.8. The summed E-state index contributed by atoms with van der Waals surface area (Å²) >= 11 is -0.430. The van der Waals surface area contributed by atoms with Crippen LogP contribution in [0.4, 0.5) is 17.3 Å². The smallest absolute Gasteiger partial charge is 0.256 e. The van der Waals surface area contributed by atoms with E-state index in [0.717, 1.165) is 0 Å². The number of amides is 2. The van der Waals surface area contributed by atoms with Gasteiger partial charge in [0.25, 0.3) is 5.91 Å². The summed E-state index contributed by atoms with van der Waals surface area (Å²) in [5.41, 5.74) is -1.26. The zero-order valence-corrected chi connectivity index (χ0v) is 40.8. The number of anilines is 2. The van der Waals surface area contributed by atoms with Gasteiger partial charge in [0.15, 0.2) is 12.0 Å². The van der Waals surface area contributed by atoms with Gasteiger partial charge >= 0.3 is 211 Å². The van der Waals surface area contributed by atoms with Crippen molar-refractivity contribution in [1.82, 2.24) is 29.1 Å². The van der Waals surface area contributed by atoms with E-state index in [2.05, 4.69) is 54.3 Å². The molecule has 20 nitrogen and oxygen atoms in total. The van der Waals surface area contributed by atoms with Gasteiger partial charge in [-0.2, -0.15) is 0 Å². The fraction of sp³-hybridized carbons (Fsp3) is 0.294. The Morgan fingerprint density at radius 2 is 1.29 bits per heavy atom. The third kappa shape index (κ3) is 9.33. The van der Waals surface area contributed by atoms with Gasteiger partial charge in [-0.1, -0.05) is 42.3 Å². The Morgan fingerprint density at radius 3 is 1.83 bits per heavy atom. The van der Waals surface area contributed by atoms with Crippen molar-refractivity contribution in [1.29, 1.82) is 0 Å². The van der Waals surface area contributed by atoms with E-state index in [-0.39, 0.29) is 35.2 Å². The van der Waals surface area contributed by atoms with Gasteiger partial charge in [0.1, 0.15) is 30.0 Å². The van der Waals surface area contributed by atoms with E-state index in [0.29, 0.717) is 43.5 Å². The molecule has 0 unspecified atom stereocenters. The van der Waals surface area contributed by atoms with Crippen LogP contribution in [0, 0.1) is 33.8 Å². The molecule has 3 aliphatic heterocycles. The van der Waals surface area contributed by atoms with Gasteiger partial charge in [0.2, 0.25) is 5.60 Å². The monoisotopic (exact) mass is 1040 g/mol. The third-order valence-electron chi connectivity index (χ3n) is 12.1. The summed E-state index contributed by atoms with van der Waals surface area (Å²) < 4.78 is 28.6. The zero-order chi connectivity index (χ0) is 50.8. The molecule has 5 N–H and O–H groups in total. The number of aromatic nitrogens is 6. The number of carbonyl (C=O) groups excluding carboxylic acids is 2. The van der Waals surface area contributed by atoms with Crippen molar-refractivity contribution in [3.8, 4) is 23.7 Å². The standard InChI is InChI=1S/C27H23N5O6Se.C24H24N4O5/c1-2-13-27(35)22(33)20(15-39-21-11-7-6-10-19(21)32(36)37)38-26(27)31-14-12-18-23(28-16-29-24(18)31)30-25(34)17-8-4-3-5-9-17;1-4-11-24-18(32-23(2,3)33-24)17(13-29)31-22(24)28-12-10-16-19(25-14-26-20(16)28)27-21(30)15-8-6-5-7-9-15/h3-12,14,16,20,22,26,33,35H,15H2,1H3,(H,28,29,30,34);5-10,12,14,17-18,22,29H,13H2,1-3H3,(H,25,26,27,30)/t20-,22-,26-,27-;17-,18-,22-,24-/m11/s1. The van der Waals surface area contributed by atoms with E-state index >= 15 is 0 Å². The molecule has 0 spiro atoms. The summed E-state index contributed by atoms with van der Waals surface area (Å²) in [5.74, 6) is 10.6. The summed E-state index contributed by atoms with van der Waals surface area (Å²) in [7, 11) is 0. The van der Waals surface area contributed by atoms with Gasteiger partial charge < -0.3 is 29.2 Å². The first kappa shape index (κ1) is 49.6. The fourth-order valence-corrected chi connectivity index (χ4v) is 11.2. The molecule has 3 aliphatic rings. The van der Waals surface area contributed by atoms with Gasteiger partial charge in [-0.15, -0.1) is 5.92 Å². The first-order chi connectivity index (χ1) is 34.7. The van der Waals surface area contributed by atoms with Crippen LogP contribution in [0.25, 0.3) is 22.1 Å². The van der Waals surface area contributed by atoms with Crippen LogP contribution in [-0.4, -0.2) is 124 Å². The first-order valence-corrected chi connectivity index (χ1v) is 24.6. The summed E-state index contributed by atoms with van der Waals surface area (Å²) in [5, 5.41) is 51.1. The number of rotatable bonds is 11. The van der Waals surface area contributed by atoms with Crippen molar-refractivity contribution >= 4 is 70.6 Å². The average molecular weight is 1040 g/mol. The van der Waals surface area contributed by atoms with Crippen molar-refractivity contribution in [2.45, 2.75) is 86.9 Å². The number of aliphatic hydroxyl groups excluding tert-OH is 2. The molecular formula is C51H47N9O11Se. The van der Waals surface area contributed by atoms with Crippen molar-refractivity contribution < 1.29 is 48.8 Å². The molecule has 0 bridgehead atoms. The van der Waals surface area contributed by atoms with Gasteiger partial charge in [0, 0.05) is 11.8 Å². The number of fused-ring (bicyclic) bond motifs is 3. The topological polar surface area (TPSA) is 260 Å². The van der Waals surface area contributed by atoms with Crippen LogP contribution in [0.5, 0.6) is 0 Å². The molecule has 21 heteroatoms. The Balaban J connectivity index is 0.000000180. The summed E-state index contributed by atoms with van der Waals surface area (Å²) in [6, 6.07) is 27.5. The van der Waals surface area contributed by atoms with E-state index < -0.39 is 73.7 Å². The molecule has 3 fully saturated rings. The van der Waals surface area contributed by atoms with E-state index in [9.17, 15) is 35.0 Å². The molecule has 2 amide bonds. The number of hydrogen-bond donors (Lipinski definition) is 5. The second kappa shape index (κ2) is 20.4. The average Bonchev–Trinajstić information content (AvgIpc) is 4.18. The quantitative estimate of drug-likeness (QED) is 0.0516. The second-order valence-electron chi connectivity index (χ2n) is 17.1. The largest absolute Gasteiger partial charge is 0.394 e. The SMILES string of the molecule is CC#C[C@@]1(O)[C@H](O)[C@@H](C[Se]c2ccccc2[N+](=O)[O-])O[C@H]1n1ccc2c(NC(=O)c3ccccc3)ncnc21.CC#C[C@@]12OC(C)(C)O[C@@H]1[C@@H](CO)O[C@H]2n1ccc2c(NC(=O)c3ccccc3)ncnc21. The van der Waals surface area contributed by atoms with Crippen LogP contribution in [0.2, 0.25) is 5.32 Å². The van der Waals surface area contributed by atoms with Crippen molar-refractivity contribution in [2.75, 3.05) is 17.2 Å². The first-order valence-electron chi connectivity index (χ1n) is 22.5. The van der Waals surface area contributed by atoms with Crippen LogP contribution >= 0.6 is 0 Å². The number of aliphatic hydroxyl groups is 3. The van der Waals surface area contributed by atoms with E-state index in [1.54, 1.807) is 114 Å². The minimum atomic E-state index is -1.98. The Kier molecular flexibility index (Phi) is 14.0. The second-order valence-corrected chi connectivity index (χ2v) is 19.4. The number of benzene rings is 3. The summed E-state index contributed by atoms with van der Waals surface area (Å²) in [6.45, 7) is 6.63. The molecular weight excluding hydrogens is 994 g/mol. The number of hydrogen-bond acceptors (Lipinski definition) is 15. The van der Waals surface area contributed by atoms with Crippen LogP contribution < -0.4 is 15.1 Å². The van der Waals surface area contributed by atoms with Crippen LogP contribution in [0.1, 0.15) is 60.9 Å². The molecule has 10 rings (SSSR count). The van der Waals surface area contributed by atoms with Crippen molar-refractivity contribution in [3.05, 3.63) is 143 Å². The molecule has 7 heterocycles. The Hall–Kier alpha value is -7.40. The minimum absolute atomic E-state index is 0.00308. The fourth-order valence-electron chi connectivity index (χ4n) is 9.01. The molecule has 368 valence electrons. The molecule has 0 saturated carbocycles. The number of carbonyl (C=O) groups is 2. The molecule has 3 aromatic carbocycles. The van der Waals surface area contributed by atoms with Crippen LogP contribution in [0.3, 0.4) is 0 Å². The summed E-state index contributed by atoms with van der Waals surface area (Å²) in [4.78, 5) is 53.6. The molecule has 0 aliphatic carbocycles. The molecule has 7 aromatic rings. The van der Waals surface area contributed by atoms with Crippen molar-refractivity contribution in [2.24, 2.45) is 0 Å². The Bertz CT molecular complexity index is 3300. The minimum Gasteiger partial charge on any atom is -0.394 e. The third-order valence-corrected chi connectivity index (χ3v) is 14.5. The number of nitrogens with one attached hydrogen (secondary N) is 2. The molecule has 0 radical (unpaired) electrons. The maximum absolute atomic E-state index is 12.7. The molecule has 8 atom stereocenters. The van der Waals surface area contributed by atoms with E-state index in [1.807, 2.05) is 26.0 Å².